The first kappa shape index (κ1) is 11.5. The maximum absolute atomic E-state index is 12.1. The summed E-state index contributed by atoms with van der Waals surface area (Å²) in [5.74, 6) is -0.357. The Hall–Kier alpha value is -2.62. The van der Waals surface area contributed by atoms with Crippen molar-refractivity contribution < 1.29 is 14.4 Å². The van der Waals surface area contributed by atoms with E-state index in [1.54, 1.807) is 36.4 Å². The number of hydrogen-bond donors (Lipinski definition) is 0. The summed E-state index contributed by atoms with van der Waals surface area (Å²) in [6.45, 7) is 1.85. The molecular weight excluding hydrogens is 242 g/mol. The van der Waals surface area contributed by atoms with Gasteiger partial charge in [0.15, 0.2) is 5.75 Å². The molecule has 1 aliphatic rings. The van der Waals surface area contributed by atoms with Crippen LogP contribution in [0.25, 0.3) is 0 Å². The molecule has 0 saturated heterocycles. The van der Waals surface area contributed by atoms with Crippen molar-refractivity contribution in [2.24, 2.45) is 0 Å². The van der Waals surface area contributed by atoms with E-state index in [4.69, 9.17) is 4.84 Å². The summed E-state index contributed by atoms with van der Waals surface area (Å²) in [6.07, 6.45) is 0. The zero-order valence-electron chi connectivity index (χ0n) is 10.3. The number of hydroxylamine groups is 2. The first-order valence-electron chi connectivity index (χ1n) is 5.90. The Morgan fingerprint density at radius 2 is 1.37 bits per heavy atom. The van der Waals surface area contributed by atoms with Gasteiger partial charge in [0.1, 0.15) is 0 Å². The normalized spacial score (nSPS) is 13.6. The van der Waals surface area contributed by atoms with Gasteiger partial charge in [-0.2, -0.15) is 0 Å². The topological polar surface area (TPSA) is 46.6 Å². The summed E-state index contributed by atoms with van der Waals surface area (Å²) >= 11 is 0. The van der Waals surface area contributed by atoms with Crippen LogP contribution in [0, 0.1) is 6.92 Å². The molecule has 0 aromatic heterocycles. The molecule has 0 atom stereocenters. The van der Waals surface area contributed by atoms with E-state index >= 15 is 0 Å². The number of hydrogen-bond acceptors (Lipinski definition) is 3. The Kier molecular flexibility index (Phi) is 2.56. The number of aryl methyl sites for hydroxylation is 1. The third-order valence-electron chi connectivity index (χ3n) is 3.04. The molecular formula is C15H11NO3. The minimum Gasteiger partial charge on any atom is -0.368 e. The van der Waals surface area contributed by atoms with Crippen molar-refractivity contribution in [3.05, 3.63) is 65.2 Å². The third-order valence-corrected chi connectivity index (χ3v) is 3.04. The molecule has 94 valence electrons. The average Bonchev–Trinajstić information content (AvgIpc) is 2.67. The Bertz CT molecular complexity index is 644. The lowest BCUT2D eigenvalue weighted by atomic mass is 10.1. The van der Waals surface area contributed by atoms with Crippen molar-refractivity contribution in [2.45, 2.75) is 6.92 Å². The molecule has 0 aliphatic carbocycles. The highest BCUT2D eigenvalue weighted by Crippen LogP contribution is 2.25. The molecule has 0 saturated carbocycles. The summed E-state index contributed by atoms with van der Waals surface area (Å²) in [7, 11) is 0. The van der Waals surface area contributed by atoms with Crippen molar-refractivity contribution in [3.8, 4) is 5.75 Å². The van der Waals surface area contributed by atoms with E-state index in [0.29, 0.717) is 16.9 Å². The van der Waals surface area contributed by atoms with Gasteiger partial charge in [-0.25, -0.2) is 0 Å². The number of rotatable bonds is 2. The minimum absolute atomic E-state index is 0.376. The molecule has 2 aromatic rings. The van der Waals surface area contributed by atoms with Crippen LogP contribution in [-0.2, 0) is 0 Å². The molecule has 2 aromatic carbocycles. The Labute approximate surface area is 110 Å². The fourth-order valence-electron chi connectivity index (χ4n) is 2.01. The molecule has 1 aliphatic heterocycles. The van der Waals surface area contributed by atoms with Crippen molar-refractivity contribution >= 4 is 11.8 Å². The van der Waals surface area contributed by atoms with Gasteiger partial charge < -0.3 is 4.84 Å². The van der Waals surface area contributed by atoms with E-state index in [0.717, 1.165) is 10.6 Å². The molecule has 0 fully saturated rings. The summed E-state index contributed by atoms with van der Waals surface area (Å²) in [6, 6.07) is 13.9. The predicted octanol–water partition coefficient (Wildman–Crippen LogP) is 2.59. The van der Waals surface area contributed by atoms with Crippen LogP contribution in [0.4, 0.5) is 0 Å². The van der Waals surface area contributed by atoms with Crippen LogP contribution < -0.4 is 4.84 Å². The minimum atomic E-state index is -0.427. The second-order valence-corrected chi connectivity index (χ2v) is 4.31. The molecule has 3 rings (SSSR count). The number of carbonyl (C=O) groups is 2. The lowest BCUT2D eigenvalue weighted by molar-refractivity contribution is -0.0144. The van der Waals surface area contributed by atoms with E-state index in [-0.39, 0.29) is 0 Å². The van der Waals surface area contributed by atoms with Gasteiger partial charge in [-0.3, -0.25) is 9.59 Å². The monoisotopic (exact) mass is 253 g/mol. The van der Waals surface area contributed by atoms with Gasteiger partial charge in [-0.05, 0) is 30.7 Å². The van der Waals surface area contributed by atoms with Crippen LogP contribution in [0.3, 0.4) is 0 Å². The lowest BCUT2D eigenvalue weighted by Gasteiger charge is -2.15. The number of fused-ring (bicyclic) bond motifs is 1. The standard InChI is InChI=1S/C15H11NO3/c1-10-6-2-5-9-13(10)19-16-14(17)11-7-3-4-8-12(11)15(16)18/h2-9H,1H3. The van der Waals surface area contributed by atoms with Crippen LogP contribution in [0.1, 0.15) is 26.3 Å². The highest BCUT2D eigenvalue weighted by Gasteiger charge is 2.37. The average molecular weight is 253 g/mol. The van der Waals surface area contributed by atoms with E-state index in [2.05, 4.69) is 0 Å². The summed E-state index contributed by atoms with van der Waals surface area (Å²) in [4.78, 5) is 29.7. The van der Waals surface area contributed by atoms with Gasteiger partial charge >= 0.3 is 0 Å². The van der Waals surface area contributed by atoms with Crippen LogP contribution in [0.5, 0.6) is 5.75 Å². The van der Waals surface area contributed by atoms with E-state index in [1.807, 2.05) is 19.1 Å². The first-order valence-corrected chi connectivity index (χ1v) is 5.90. The number of imide groups is 1. The molecule has 0 spiro atoms. The van der Waals surface area contributed by atoms with Crippen LogP contribution in [0.15, 0.2) is 48.5 Å². The van der Waals surface area contributed by atoms with Gasteiger partial charge in [0.2, 0.25) is 0 Å². The Morgan fingerprint density at radius 1 is 0.842 bits per heavy atom. The SMILES string of the molecule is Cc1ccccc1ON1C(=O)c2ccccc2C1=O. The maximum atomic E-state index is 12.1. The summed E-state index contributed by atoms with van der Waals surface area (Å²) < 4.78 is 0. The van der Waals surface area contributed by atoms with E-state index in [9.17, 15) is 9.59 Å². The predicted molar refractivity (Wildman–Crippen MR) is 68.7 cm³/mol. The maximum Gasteiger partial charge on any atom is 0.295 e. The third kappa shape index (κ3) is 1.78. The lowest BCUT2D eigenvalue weighted by Crippen LogP contribution is -2.33. The first-order chi connectivity index (χ1) is 9.18. The smallest absolute Gasteiger partial charge is 0.295 e. The number of amides is 2. The molecule has 0 bridgehead atoms. The second kappa shape index (κ2) is 4.24. The quantitative estimate of drug-likeness (QED) is 0.773. The highest BCUT2D eigenvalue weighted by molar-refractivity contribution is 6.20. The zero-order valence-corrected chi connectivity index (χ0v) is 10.3. The van der Waals surface area contributed by atoms with Crippen LogP contribution >= 0.6 is 0 Å². The molecule has 4 heteroatoms. The highest BCUT2D eigenvalue weighted by atomic mass is 16.7. The Morgan fingerprint density at radius 3 is 1.95 bits per heavy atom. The fraction of sp³-hybridized carbons (Fsp3) is 0.0667. The van der Waals surface area contributed by atoms with Crippen LogP contribution in [-0.4, -0.2) is 16.9 Å². The number of para-hydroxylation sites is 1. The largest absolute Gasteiger partial charge is 0.368 e. The molecule has 19 heavy (non-hydrogen) atoms. The van der Waals surface area contributed by atoms with E-state index < -0.39 is 11.8 Å². The van der Waals surface area contributed by atoms with Crippen molar-refractivity contribution in [2.75, 3.05) is 0 Å². The molecule has 2 amide bonds. The van der Waals surface area contributed by atoms with Crippen LogP contribution in [0.2, 0.25) is 0 Å². The van der Waals surface area contributed by atoms with Gasteiger partial charge in [0, 0.05) is 0 Å². The van der Waals surface area contributed by atoms with Gasteiger partial charge in [0.05, 0.1) is 11.1 Å². The molecule has 4 nitrogen and oxygen atoms in total. The molecule has 1 heterocycles. The Balaban J connectivity index is 1.95. The van der Waals surface area contributed by atoms with Gasteiger partial charge in [0.25, 0.3) is 11.8 Å². The van der Waals surface area contributed by atoms with E-state index in [1.165, 1.54) is 0 Å². The van der Waals surface area contributed by atoms with Gasteiger partial charge in [-0.15, -0.1) is 0 Å². The molecule has 0 N–H and O–H groups in total. The summed E-state index contributed by atoms with van der Waals surface area (Å²) in [5.41, 5.74) is 1.61. The fourth-order valence-corrected chi connectivity index (χ4v) is 2.01. The van der Waals surface area contributed by atoms with Crippen molar-refractivity contribution in [3.63, 3.8) is 0 Å². The zero-order chi connectivity index (χ0) is 13.4. The van der Waals surface area contributed by atoms with Gasteiger partial charge in [-0.1, -0.05) is 35.4 Å². The van der Waals surface area contributed by atoms with Crippen molar-refractivity contribution in [1.29, 1.82) is 0 Å². The summed E-state index contributed by atoms with van der Waals surface area (Å²) in [5, 5.41) is 0.812. The molecule has 0 unspecified atom stereocenters. The number of benzene rings is 2. The molecule has 0 radical (unpaired) electrons. The second-order valence-electron chi connectivity index (χ2n) is 4.31. The number of carbonyl (C=O) groups excluding carboxylic acids is 2. The number of nitrogens with zero attached hydrogens (tertiary/aromatic N) is 1. The van der Waals surface area contributed by atoms with Crippen molar-refractivity contribution in [1.82, 2.24) is 5.06 Å².